The van der Waals surface area contributed by atoms with Crippen LogP contribution in [-0.2, 0) is 6.42 Å². The third-order valence-corrected chi connectivity index (χ3v) is 2.84. The summed E-state index contributed by atoms with van der Waals surface area (Å²) in [7, 11) is 0. The fourth-order valence-corrected chi connectivity index (χ4v) is 1.92. The summed E-state index contributed by atoms with van der Waals surface area (Å²) in [5.74, 6) is 0.907. The molecule has 0 bridgehead atoms. The van der Waals surface area contributed by atoms with Gasteiger partial charge < -0.3 is 10.6 Å². The lowest BCUT2D eigenvalue weighted by Gasteiger charge is -2.10. The number of rotatable bonds is 5. The van der Waals surface area contributed by atoms with Gasteiger partial charge in [0, 0.05) is 19.6 Å². The van der Waals surface area contributed by atoms with E-state index in [2.05, 4.69) is 61.5 Å². The highest BCUT2D eigenvalue weighted by Crippen LogP contribution is 2.11. The molecule has 1 aromatic carbocycles. The summed E-state index contributed by atoms with van der Waals surface area (Å²) >= 11 is 0. The summed E-state index contributed by atoms with van der Waals surface area (Å²) in [5, 5.41) is 6.46. The number of guanidine groups is 1. The van der Waals surface area contributed by atoms with Crippen LogP contribution < -0.4 is 10.6 Å². The molecule has 0 aromatic heterocycles. The molecule has 3 nitrogen and oxygen atoms in total. The summed E-state index contributed by atoms with van der Waals surface area (Å²) in [6.07, 6.45) is 0.992. The summed E-state index contributed by atoms with van der Waals surface area (Å²) in [6, 6.07) is 6.61. The molecule has 0 amide bonds. The summed E-state index contributed by atoms with van der Waals surface area (Å²) in [6.45, 7) is 11.1. The summed E-state index contributed by atoms with van der Waals surface area (Å²) < 4.78 is 0. The van der Waals surface area contributed by atoms with Crippen molar-refractivity contribution in [2.24, 2.45) is 4.99 Å². The molecule has 100 valence electrons. The molecule has 0 saturated heterocycles. The molecule has 0 heterocycles. The van der Waals surface area contributed by atoms with E-state index in [0.717, 1.165) is 32.0 Å². The number of nitrogens with zero attached hydrogens (tertiary/aromatic N) is 1. The molecule has 0 fully saturated rings. The number of hydrogen-bond acceptors (Lipinski definition) is 1. The Balaban J connectivity index is 2.55. The highest BCUT2D eigenvalue weighted by molar-refractivity contribution is 5.79. The first kappa shape index (κ1) is 14.6. The van der Waals surface area contributed by atoms with Crippen LogP contribution in [0.4, 0.5) is 0 Å². The maximum atomic E-state index is 4.56. The zero-order chi connectivity index (χ0) is 13.4. The van der Waals surface area contributed by atoms with E-state index < -0.39 is 0 Å². The first-order chi connectivity index (χ1) is 8.67. The quantitative estimate of drug-likeness (QED) is 0.619. The third-order valence-electron chi connectivity index (χ3n) is 2.84. The van der Waals surface area contributed by atoms with Crippen molar-refractivity contribution in [2.45, 2.75) is 34.1 Å². The molecule has 0 radical (unpaired) electrons. The van der Waals surface area contributed by atoms with E-state index in [-0.39, 0.29) is 0 Å². The standard InChI is InChI=1S/C15H25N3/c1-5-16-15(17-6-2)18-10-9-14-8-7-12(3)11-13(14)4/h7-8,11H,5-6,9-10H2,1-4H3,(H2,16,17,18). The lowest BCUT2D eigenvalue weighted by Crippen LogP contribution is -2.37. The number of aryl methyl sites for hydroxylation is 2. The molecular formula is C15H25N3. The van der Waals surface area contributed by atoms with E-state index >= 15 is 0 Å². The van der Waals surface area contributed by atoms with Crippen molar-refractivity contribution < 1.29 is 0 Å². The fraction of sp³-hybridized carbons (Fsp3) is 0.533. The smallest absolute Gasteiger partial charge is 0.191 e. The Labute approximate surface area is 111 Å². The van der Waals surface area contributed by atoms with Gasteiger partial charge in [-0.25, -0.2) is 0 Å². The average Bonchev–Trinajstić information content (AvgIpc) is 2.32. The van der Waals surface area contributed by atoms with Gasteiger partial charge in [-0.05, 0) is 45.2 Å². The first-order valence-corrected chi connectivity index (χ1v) is 6.75. The molecule has 0 atom stereocenters. The normalized spacial score (nSPS) is 10.0. The third kappa shape index (κ3) is 4.78. The van der Waals surface area contributed by atoms with Crippen LogP contribution >= 0.6 is 0 Å². The van der Waals surface area contributed by atoms with Gasteiger partial charge in [-0.2, -0.15) is 0 Å². The minimum absolute atomic E-state index is 0.819. The van der Waals surface area contributed by atoms with Crippen LogP contribution in [0.1, 0.15) is 30.5 Å². The lowest BCUT2D eigenvalue weighted by atomic mass is 10.0. The van der Waals surface area contributed by atoms with Crippen LogP contribution in [0.15, 0.2) is 23.2 Å². The van der Waals surface area contributed by atoms with E-state index in [0.29, 0.717) is 0 Å². The number of aliphatic imine (C=N–C) groups is 1. The van der Waals surface area contributed by atoms with Crippen LogP contribution in [0.25, 0.3) is 0 Å². The Morgan fingerprint density at radius 3 is 2.33 bits per heavy atom. The molecular weight excluding hydrogens is 222 g/mol. The number of hydrogen-bond donors (Lipinski definition) is 2. The largest absolute Gasteiger partial charge is 0.357 e. The molecule has 18 heavy (non-hydrogen) atoms. The Morgan fingerprint density at radius 1 is 1.11 bits per heavy atom. The van der Waals surface area contributed by atoms with Crippen LogP contribution in [0, 0.1) is 13.8 Å². The van der Waals surface area contributed by atoms with Gasteiger partial charge in [-0.3, -0.25) is 4.99 Å². The molecule has 0 aliphatic carbocycles. The van der Waals surface area contributed by atoms with Gasteiger partial charge in [0.1, 0.15) is 0 Å². The lowest BCUT2D eigenvalue weighted by molar-refractivity contribution is 0.832. The molecule has 1 aromatic rings. The minimum Gasteiger partial charge on any atom is -0.357 e. The van der Waals surface area contributed by atoms with Crippen molar-refractivity contribution in [1.82, 2.24) is 10.6 Å². The Bertz CT molecular complexity index is 389. The molecule has 2 N–H and O–H groups in total. The second-order valence-corrected chi connectivity index (χ2v) is 4.47. The van der Waals surface area contributed by atoms with E-state index in [9.17, 15) is 0 Å². The topological polar surface area (TPSA) is 36.4 Å². The van der Waals surface area contributed by atoms with Crippen molar-refractivity contribution in [1.29, 1.82) is 0 Å². The molecule has 0 spiro atoms. The maximum Gasteiger partial charge on any atom is 0.191 e. The van der Waals surface area contributed by atoms with E-state index in [1.807, 2.05) is 0 Å². The number of nitrogens with one attached hydrogen (secondary N) is 2. The summed E-state index contributed by atoms with van der Waals surface area (Å²) in [4.78, 5) is 4.56. The van der Waals surface area contributed by atoms with E-state index in [1.54, 1.807) is 0 Å². The van der Waals surface area contributed by atoms with Crippen molar-refractivity contribution >= 4 is 5.96 Å². The highest BCUT2D eigenvalue weighted by atomic mass is 15.2. The van der Waals surface area contributed by atoms with Gasteiger partial charge in [0.15, 0.2) is 5.96 Å². The minimum atomic E-state index is 0.819. The second-order valence-electron chi connectivity index (χ2n) is 4.47. The first-order valence-electron chi connectivity index (χ1n) is 6.75. The van der Waals surface area contributed by atoms with Gasteiger partial charge in [-0.1, -0.05) is 23.8 Å². The van der Waals surface area contributed by atoms with E-state index in [1.165, 1.54) is 16.7 Å². The SMILES string of the molecule is CCNC(=NCCc1ccc(C)cc1C)NCC. The zero-order valence-corrected chi connectivity index (χ0v) is 12.0. The van der Waals surface area contributed by atoms with Gasteiger partial charge in [0.05, 0.1) is 0 Å². The molecule has 0 aliphatic rings. The van der Waals surface area contributed by atoms with Crippen LogP contribution in [-0.4, -0.2) is 25.6 Å². The molecule has 3 heteroatoms. The fourth-order valence-electron chi connectivity index (χ4n) is 1.92. The van der Waals surface area contributed by atoms with Gasteiger partial charge in [0.2, 0.25) is 0 Å². The Morgan fingerprint density at radius 2 is 1.78 bits per heavy atom. The van der Waals surface area contributed by atoms with Gasteiger partial charge >= 0.3 is 0 Å². The van der Waals surface area contributed by atoms with Gasteiger partial charge in [0.25, 0.3) is 0 Å². The van der Waals surface area contributed by atoms with E-state index in [4.69, 9.17) is 0 Å². The Hall–Kier alpha value is -1.51. The molecule has 0 aliphatic heterocycles. The average molecular weight is 247 g/mol. The van der Waals surface area contributed by atoms with Crippen molar-refractivity contribution in [3.63, 3.8) is 0 Å². The van der Waals surface area contributed by atoms with Crippen molar-refractivity contribution in [3.8, 4) is 0 Å². The molecule has 1 rings (SSSR count). The number of benzene rings is 1. The summed E-state index contributed by atoms with van der Waals surface area (Å²) in [5.41, 5.74) is 4.07. The van der Waals surface area contributed by atoms with Crippen LogP contribution in [0.2, 0.25) is 0 Å². The molecule has 0 unspecified atom stereocenters. The monoisotopic (exact) mass is 247 g/mol. The van der Waals surface area contributed by atoms with Gasteiger partial charge in [-0.15, -0.1) is 0 Å². The van der Waals surface area contributed by atoms with Crippen molar-refractivity contribution in [2.75, 3.05) is 19.6 Å². The highest BCUT2D eigenvalue weighted by Gasteiger charge is 1.99. The maximum absolute atomic E-state index is 4.56. The van der Waals surface area contributed by atoms with Crippen LogP contribution in [0.5, 0.6) is 0 Å². The molecule has 0 saturated carbocycles. The Kier molecular flexibility index (Phi) is 6.26. The zero-order valence-electron chi connectivity index (χ0n) is 12.0. The predicted octanol–water partition coefficient (Wildman–Crippen LogP) is 2.42. The predicted molar refractivity (Wildman–Crippen MR) is 79.3 cm³/mol. The second kappa shape index (κ2) is 7.75. The van der Waals surface area contributed by atoms with Crippen molar-refractivity contribution in [3.05, 3.63) is 34.9 Å². The van der Waals surface area contributed by atoms with Crippen LogP contribution in [0.3, 0.4) is 0 Å².